The second-order valence-electron chi connectivity index (χ2n) is 1.85. The molecule has 0 bridgehead atoms. The zero-order valence-electron chi connectivity index (χ0n) is 5.65. The molecule has 6 nitrogen and oxygen atoms in total. The van der Waals surface area contributed by atoms with Gasteiger partial charge in [-0.2, -0.15) is 0 Å². The van der Waals surface area contributed by atoms with E-state index in [1.807, 2.05) is 0 Å². The first-order valence-corrected chi connectivity index (χ1v) is 2.86. The number of aliphatic hydroxyl groups is 1. The average molecular weight is 163 g/mol. The molecule has 0 amide bonds. The first-order valence-electron chi connectivity index (χ1n) is 2.86. The van der Waals surface area contributed by atoms with Gasteiger partial charge >= 0.3 is 11.9 Å². The first kappa shape index (κ1) is 9.86. The van der Waals surface area contributed by atoms with Gasteiger partial charge in [0.25, 0.3) is 0 Å². The van der Waals surface area contributed by atoms with Crippen LogP contribution < -0.4 is 5.32 Å². The van der Waals surface area contributed by atoms with Crippen molar-refractivity contribution in [3.8, 4) is 0 Å². The molecule has 0 aromatic rings. The number of hydrogen-bond acceptors (Lipinski definition) is 4. The van der Waals surface area contributed by atoms with Crippen LogP contribution in [0.5, 0.6) is 0 Å². The lowest BCUT2D eigenvalue weighted by molar-refractivity contribution is -0.141. The third-order valence-corrected chi connectivity index (χ3v) is 0.980. The zero-order valence-corrected chi connectivity index (χ0v) is 5.65. The number of rotatable bonds is 5. The lowest BCUT2D eigenvalue weighted by atomic mass is 10.3. The van der Waals surface area contributed by atoms with Gasteiger partial charge in [-0.05, 0) is 0 Å². The minimum absolute atomic E-state index is 0.475. The number of carbonyl (C=O) groups is 2. The molecule has 0 saturated carbocycles. The highest BCUT2D eigenvalue weighted by atomic mass is 16.4. The summed E-state index contributed by atoms with van der Waals surface area (Å²) in [6.07, 6.45) is 0. The number of nitrogens with one attached hydrogen (secondary N) is 1. The Kier molecular flexibility index (Phi) is 4.16. The van der Waals surface area contributed by atoms with Crippen LogP contribution in [0.25, 0.3) is 0 Å². The molecule has 0 aromatic heterocycles. The summed E-state index contributed by atoms with van der Waals surface area (Å²) in [5.74, 6) is -2.43. The van der Waals surface area contributed by atoms with Crippen LogP contribution in [0.3, 0.4) is 0 Å². The van der Waals surface area contributed by atoms with Gasteiger partial charge in [-0.25, -0.2) is 0 Å². The summed E-state index contributed by atoms with van der Waals surface area (Å²) < 4.78 is 0. The van der Waals surface area contributed by atoms with Crippen molar-refractivity contribution in [2.45, 2.75) is 6.04 Å². The van der Waals surface area contributed by atoms with E-state index in [4.69, 9.17) is 15.3 Å². The van der Waals surface area contributed by atoms with E-state index in [1.54, 1.807) is 0 Å². The van der Waals surface area contributed by atoms with E-state index in [0.29, 0.717) is 0 Å². The summed E-state index contributed by atoms with van der Waals surface area (Å²) in [5, 5.41) is 26.9. The Hall–Kier alpha value is -1.14. The minimum Gasteiger partial charge on any atom is -0.480 e. The predicted octanol–water partition coefficient (Wildman–Crippen LogP) is -1.89. The number of hydrogen-bond donors (Lipinski definition) is 4. The fourth-order valence-electron chi connectivity index (χ4n) is 0.440. The van der Waals surface area contributed by atoms with Crippen molar-refractivity contribution in [3.05, 3.63) is 0 Å². The maximum Gasteiger partial charge on any atom is 0.323 e. The Morgan fingerprint density at radius 2 is 1.91 bits per heavy atom. The quantitative estimate of drug-likeness (QED) is 0.377. The van der Waals surface area contributed by atoms with Gasteiger partial charge in [0.05, 0.1) is 13.2 Å². The van der Waals surface area contributed by atoms with Gasteiger partial charge in [-0.1, -0.05) is 0 Å². The van der Waals surface area contributed by atoms with Gasteiger partial charge in [0.1, 0.15) is 6.04 Å². The third-order valence-electron chi connectivity index (χ3n) is 0.980. The molecule has 0 rings (SSSR count). The summed E-state index contributed by atoms with van der Waals surface area (Å²) in [4.78, 5) is 20.0. The fraction of sp³-hybridized carbons (Fsp3) is 0.600. The molecule has 0 aliphatic carbocycles. The van der Waals surface area contributed by atoms with Gasteiger partial charge in [-0.3, -0.25) is 14.9 Å². The second-order valence-corrected chi connectivity index (χ2v) is 1.85. The Bertz CT molecular complexity index is 157. The smallest absolute Gasteiger partial charge is 0.323 e. The van der Waals surface area contributed by atoms with E-state index < -0.39 is 31.1 Å². The summed E-state index contributed by atoms with van der Waals surface area (Å²) in [6.45, 7) is -1.10. The van der Waals surface area contributed by atoms with E-state index in [0.717, 1.165) is 0 Å². The van der Waals surface area contributed by atoms with Gasteiger partial charge < -0.3 is 15.3 Å². The molecule has 0 heterocycles. The zero-order chi connectivity index (χ0) is 8.85. The topological polar surface area (TPSA) is 107 Å². The molecule has 64 valence electrons. The van der Waals surface area contributed by atoms with Crippen molar-refractivity contribution in [2.24, 2.45) is 0 Å². The molecule has 1 atom stereocenters. The van der Waals surface area contributed by atoms with Gasteiger partial charge in [0.2, 0.25) is 0 Å². The molecule has 0 saturated heterocycles. The molecule has 11 heavy (non-hydrogen) atoms. The number of carboxylic acid groups (broad SMARTS) is 2. The average Bonchev–Trinajstić information content (AvgIpc) is 1.87. The van der Waals surface area contributed by atoms with Crippen LogP contribution in [0.15, 0.2) is 0 Å². The molecule has 0 fully saturated rings. The summed E-state index contributed by atoms with van der Waals surface area (Å²) in [6, 6.07) is -1.20. The standard InChI is InChI=1S/C5H9NO5/c7-2-3(5(10)11)6-1-4(8)9/h3,6-7H,1-2H2,(H,8,9)(H,10,11)/t3-/m1/s1. The molecule has 0 aromatic carbocycles. The monoisotopic (exact) mass is 163 g/mol. The molecule has 0 unspecified atom stereocenters. The van der Waals surface area contributed by atoms with Gasteiger partial charge in [0.15, 0.2) is 0 Å². The Morgan fingerprint density at radius 3 is 2.18 bits per heavy atom. The fourth-order valence-corrected chi connectivity index (χ4v) is 0.440. The van der Waals surface area contributed by atoms with Gasteiger partial charge in [-0.15, -0.1) is 0 Å². The highest BCUT2D eigenvalue weighted by molar-refractivity contribution is 5.75. The van der Waals surface area contributed by atoms with E-state index in [9.17, 15) is 9.59 Å². The largest absolute Gasteiger partial charge is 0.480 e. The maximum absolute atomic E-state index is 10.1. The number of aliphatic carboxylic acids is 2. The predicted molar refractivity (Wildman–Crippen MR) is 34.1 cm³/mol. The maximum atomic E-state index is 10.1. The normalized spacial score (nSPS) is 12.5. The molecule has 0 aliphatic rings. The van der Waals surface area contributed by atoms with Crippen LogP contribution >= 0.6 is 0 Å². The Morgan fingerprint density at radius 1 is 1.36 bits per heavy atom. The van der Waals surface area contributed by atoms with Crippen LogP contribution in [-0.2, 0) is 9.59 Å². The van der Waals surface area contributed by atoms with Crippen molar-refractivity contribution < 1.29 is 24.9 Å². The summed E-state index contributed by atoms with van der Waals surface area (Å²) in [5.41, 5.74) is 0. The molecule has 6 heteroatoms. The van der Waals surface area contributed by atoms with E-state index in [2.05, 4.69) is 5.32 Å². The first-order chi connectivity index (χ1) is 5.07. The van der Waals surface area contributed by atoms with Crippen molar-refractivity contribution >= 4 is 11.9 Å². The number of aliphatic hydroxyl groups excluding tert-OH is 1. The van der Waals surface area contributed by atoms with Crippen molar-refractivity contribution in [1.82, 2.24) is 5.32 Å². The van der Waals surface area contributed by atoms with E-state index in [1.165, 1.54) is 0 Å². The molecule has 4 N–H and O–H groups in total. The van der Waals surface area contributed by atoms with Crippen LogP contribution in [0.4, 0.5) is 0 Å². The molecular weight excluding hydrogens is 154 g/mol. The van der Waals surface area contributed by atoms with E-state index in [-0.39, 0.29) is 0 Å². The van der Waals surface area contributed by atoms with Crippen molar-refractivity contribution in [3.63, 3.8) is 0 Å². The lowest BCUT2D eigenvalue weighted by Gasteiger charge is -2.08. The second kappa shape index (κ2) is 4.64. The highest BCUT2D eigenvalue weighted by Gasteiger charge is 2.15. The van der Waals surface area contributed by atoms with E-state index >= 15 is 0 Å². The lowest BCUT2D eigenvalue weighted by Crippen LogP contribution is -2.42. The molecular formula is C5H9NO5. The van der Waals surface area contributed by atoms with Crippen molar-refractivity contribution in [2.75, 3.05) is 13.2 Å². The minimum atomic E-state index is -1.27. The van der Waals surface area contributed by atoms with Crippen LogP contribution in [0, 0.1) is 0 Å². The molecule has 0 radical (unpaired) electrons. The van der Waals surface area contributed by atoms with Gasteiger partial charge in [0, 0.05) is 0 Å². The van der Waals surface area contributed by atoms with Crippen LogP contribution in [0.2, 0.25) is 0 Å². The van der Waals surface area contributed by atoms with Crippen molar-refractivity contribution in [1.29, 1.82) is 0 Å². The third kappa shape index (κ3) is 4.29. The Balaban J connectivity index is 3.70. The molecule has 0 aliphatic heterocycles. The summed E-state index contributed by atoms with van der Waals surface area (Å²) >= 11 is 0. The SMILES string of the molecule is O=C(O)CN[C@H](CO)C(=O)O. The van der Waals surface area contributed by atoms with Crippen LogP contribution in [-0.4, -0.2) is 46.5 Å². The molecule has 0 spiro atoms. The number of carboxylic acids is 2. The Labute approximate surface area is 62.5 Å². The highest BCUT2D eigenvalue weighted by Crippen LogP contribution is 1.80. The van der Waals surface area contributed by atoms with Crippen LogP contribution in [0.1, 0.15) is 0 Å². The summed E-state index contributed by atoms with van der Waals surface area (Å²) in [7, 11) is 0.